The second kappa shape index (κ2) is 9.81. The van der Waals surface area contributed by atoms with Crippen molar-refractivity contribution in [2.75, 3.05) is 11.1 Å². The number of fused-ring (bicyclic) bond motifs is 1. The number of halogens is 1. The fourth-order valence-electron chi connectivity index (χ4n) is 3.64. The molecule has 1 amide bonds. The van der Waals surface area contributed by atoms with Crippen LogP contribution in [0.2, 0.25) is 5.02 Å². The number of carbonyl (C=O) groups excluding carboxylic acids is 1. The van der Waals surface area contributed by atoms with Crippen LogP contribution in [0.25, 0.3) is 16.6 Å². The lowest BCUT2D eigenvalue weighted by Gasteiger charge is -2.18. The number of aromatic nitrogens is 2. The summed E-state index contributed by atoms with van der Waals surface area (Å²) in [6, 6.07) is 20.5. The standard InChI is InChI=1S/C26H24ClN3O2S/c1-16(2)18-8-5-7-11-23(18)30-25(32)19-9-4-6-10-21(19)29-26(30)33-15-24(31)28-22-13-12-17(3)14-20(22)27/h4-14,16H,15H2,1-3H3,(H,28,31). The van der Waals surface area contributed by atoms with Crippen LogP contribution in [0.5, 0.6) is 0 Å². The second-order valence-corrected chi connectivity index (χ2v) is 9.44. The number of aryl methyl sites for hydroxylation is 1. The van der Waals surface area contributed by atoms with Crippen LogP contribution < -0.4 is 10.9 Å². The van der Waals surface area contributed by atoms with Gasteiger partial charge in [0, 0.05) is 0 Å². The van der Waals surface area contributed by atoms with Crippen molar-refractivity contribution in [1.82, 2.24) is 9.55 Å². The number of rotatable bonds is 6. The van der Waals surface area contributed by atoms with Crippen molar-refractivity contribution < 1.29 is 4.79 Å². The number of hydrogen-bond acceptors (Lipinski definition) is 4. The van der Waals surface area contributed by atoms with Crippen LogP contribution in [-0.4, -0.2) is 21.2 Å². The van der Waals surface area contributed by atoms with Crippen LogP contribution in [0, 0.1) is 6.92 Å². The number of para-hydroxylation sites is 2. The van der Waals surface area contributed by atoms with E-state index in [0.717, 1.165) is 16.8 Å². The molecule has 33 heavy (non-hydrogen) atoms. The van der Waals surface area contributed by atoms with E-state index in [0.29, 0.717) is 26.8 Å². The summed E-state index contributed by atoms with van der Waals surface area (Å²) < 4.78 is 1.62. The smallest absolute Gasteiger partial charge is 0.266 e. The van der Waals surface area contributed by atoms with Crippen molar-refractivity contribution >= 4 is 45.9 Å². The van der Waals surface area contributed by atoms with Crippen LogP contribution in [0.4, 0.5) is 5.69 Å². The summed E-state index contributed by atoms with van der Waals surface area (Å²) in [5, 5.41) is 4.34. The lowest BCUT2D eigenvalue weighted by atomic mass is 10.0. The average Bonchev–Trinajstić information content (AvgIpc) is 2.79. The Hall–Kier alpha value is -3.09. The highest BCUT2D eigenvalue weighted by atomic mass is 35.5. The van der Waals surface area contributed by atoms with Gasteiger partial charge in [-0.05, 0) is 54.3 Å². The third-order valence-electron chi connectivity index (χ3n) is 5.28. The fraction of sp³-hybridized carbons (Fsp3) is 0.192. The molecule has 0 spiro atoms. The summed E-state index contributed by atoms with van der Waals surface area (Å²) in [6.45, 7) is 6.11. The van der Waals surface area contributed by atoms with E-state index in [9.17, 15) is 9.59 Å². The summed E-state index contributed by atoms with van der Waals surface area (Å²) in [7, 11) is 0. The van der Waals surface area contributed by atoms with Gasteiger partial charge in [0.1, 0.15) is 0 Å². The third-order valence-corrected chi connectivity index (χ3v) is 6.53. The first-order valence-corrected chi connectivity index (χ1v) is 12.0. The summed E-state index contributed by atoms with van der Waals surface area (Å²) in [4.78, 5) is 31.0. The second-order valence-electron chi connectivity index (χ2n) is 8.09. The van der Waals surface area contributed by atoms with Gasteiger partial charge in [0.25, 0.3) is 5.56 Å². The SMILES string of the molecule is Cc1ccc(NC(=O)CSc2nc3ccccc3c(=O)n2-c2ccccc2C(C)C)c(Cl)c1. The zero-order chi connectivity index (χ0) is 23.5. The molecule has 1 heterocycles. The Morgan fingerprint density at radius 3 is 2.58 bits per heavy atom. The maximum absolute atomic E-state index is 13.5. The quantitative estimate of drug-likeness (QED) is 0.265. The Bertz CT molecular complexity index is 1400. The molecule has 0 saturated heterocycles. The molecular formula is C26H24ClN3O2S. The Balaban J connectivity index is 1.72. The van der Waals surface area contributed by atoms with Gasteiger partial charge in [-0.2, -0.15) is 0 Å². The molecule has 1 aromatic heterocycles. The Morgan fingerprint density at radius 1 is 1.09 bits per heavy atom. The van der Waals surface area contributed by atoms with Crippen molar-refractivity contribution in [3.63, 3.8) is 0 Å². The number of hydrogen-bond donors (Lipinski definition) is 1. The van der Waals surface area contributed by atoms with Crippen molar-refractivity contribution in [3.8, 4) is 5.69 Å². The zero-order valence-electron chi connectivity index (χ0n) is 18.6. The number of thioether (sulfide) groups is 1. The van der Waals surface area contributed by atoms with Gasteiger partial charge in [-0.1, -0.05) is 73.6 Å². The maximum Gasteiger partial charge on any atom is 0.266 e. The van der Waals surface area contributed by atoms with E-state index in [1.165, 1.54) is 11.8 Å². The van der Waals surface area contributed by atoms with Gasteiger partial charge in [-0.15, -0.1) is 0 Å². The highest BCUT2D eigenvalue weighted by Gasteiger charge is 2.18. The largest absolute Gasteiger partial charge is 0.324 e. The molecule has 4 rings (SSSR count). The summed E-state index contributed by atoms with van der Waals surface area (Å²) >= 11 is 7.47. The highest BCUT2D eigenvalue weighted by molar-refractivity contribution is 7.99. The molecule has 0 radical (unpaired) electrons. The van der Waals surface area contributed by atoms with Crippen LogP contribution in [0.1, 0.15) is 30.9 Å². The molecule has 0 aliphatic heterocycles. The van der Waals surface area contributed by atoms with Crippen LogP contribution >= 0.6 is 23.4 Å². The minimum Gasteiger partial charge on any atom is -0.324 e. The van der Waals surface area contributed by atoms with Gasteiger partial charge in [-0.25, -0.2) is 4.98 Å². The highest BCUT2D eigenvalue weighted by Crippen LogP contribution is 2.28. The zero-order valence-corrected chi connectivity index (χ0v) is 20.2. The monoisotopic (exact) mass is 477 g/mol. The average molecular weight is 478 g/mol. The van der Waals surface area contributed by atoms with E-state index < -0.39 is 0 Å². The van der Waals surface area contributed by atoms with Crippen molar-refractivity contribution in [3.05, 3.63) is 93.2 Å². The number of nitrogens with one attached hydrogen (secondary N) is 1. The molecule has 0 unspecified atom stereocenters. The molecule has 5 nitrogen and oxygen atoms in total. The molecule has 0 saturated carbocycles. The number of amides is 1. The predicted octanol–water partition coefficient (Wildman–Crippen LogP) is 6.20. The summed E-state index contributed by atoms with van der Waals surface area (Å²) in [5.74, 6) is 0.0694. The van der Waals surface area contributed by atoms with E-state index in [1.807, 2.05) is 55.5 Å². The molecule has 168 valence electrons. The first-order valence-electron chi connectivity index (χ1n) is 10.6. The van der Waals surface area contributed by atoms with E-state index in [4.69, 9.17) is 16.6 Å². The van der Waals surface area contributed by atoms with Gasteiger partial charge >= 0.3 is 0 Å². The molecule has 0 bridgehead atoms. The van der Waals surface area contributed by atoms with Gasteiger partial charge in [-0.3, -0.25) is 14.2 Å². The van der Waals surface area contributed by atoms with E-state index in [2.05, 4.69) is 19.2 Å². The predicted molar refractivity (Wildman–Crippen MR) is 137 cm³/mol. The number of anilines is 1. The molecule has 0 fully saturated rings. The van der Waals surface area contributed by atoms with Gasteiger partial charge in [0.15, 0.2) is 5.16 Å². The molecule has 0 aliphatic carbocycles. The molecule has 0 aliphatic rings. The summed E-state index contributed by atoms with van der Waals surface area (Å²) in [6.07, 6.45) is 0. The minimum absolute atomic E-state index is 0.0822. The first-order chi connectivity index (χ1) is 15.8. The molecule has 3 aromatic carbocycles. The topological polar surface area (TPSA) is 64.0 Å². The fourth-order valence-corrected chi connectivity index (χ4v) is 4.73. The lowest BCUT2D eigenvalue weighted by Crippen LogP contribution is -2.24. The Morgan fingerprint density at radius 2 is 1.82 bits per heavy atom. The van der Waals surface area contributed by atoms with Gasteiger partial charge in [0.2, 0.25) is 5.91 Å². The number of nitrogens with zero attached hydrogens (tertiary/aromatic N) is 2. The van der Waals surface area contributed by atoms with E-state index in [1.54, 1.807) is 22.8 Å². The molecule has 1 N–H and O–H groups in total. The summed E-state index contributed by atoms with van der Waals surface area (Å²) in [5.41, 5.74) is 3.83. The molecule has 0 atom stereocenters. The molecule has 7 heteroatoms. The van der Waals surface area contributed by atoms with Crippen LogP contribution in [-0.2, 0) is 4.79 Å². The maximum atomic E-state index is 13.5. The van der Waals surface area contributed by atoms with Crippen molar-refractivity contribution in [2.45, 2.75) is 31.8 Å². The minimum atomic E-state index is -0.225. The van der Waals surface area contributed by atoms with Crippen LogP contribution in [0.3, 0.4) is 0 Å². The van der Waals surface area contributed by atoms with E-state index in [-0.39, 0.29) is 23.1 Å². The van der Waals surface area contributed by atoms with Crippen LogP contribution in [0.15, 0.2) is 76.7 Å². The molecule has 4 aromatic rings. The molecular weight excluding hydrogens is 454 g/mol. The van der Waals surface area contributed by atoms with Crippen molar-refractivity contribution in [2.24, 2.45) is 0 Å². The van der Waals surface area contributed by atoms with Crippen molar-refractivity contribution in [1.29, 1.82) is 0 Å². The van der Waals surface area contributed by atoms with Gasteiger partial charge < -0.3 is 5.32 Å². The number of carbonyl (C=O) groups is 1. The third kappa shape index (κ3) is 4.97. The first kappa shape index (κ1) is 23.1. The van der Waals surface area contributed by atoms with E-state index >= 15 is 0 Å². The lowest BCUT2D eigenvalue weighted by molar-refractivity contribution is -0.113. The normalized spacial score (nSPS) is 11.2. The number of benzene rings is 3. The van der Waals surface area contributed by atoms with Gasteiger partial charge in [0.05, 0.1) is 33.1 Å². The Kier molecular flexibility index (Phi) is 6.86. The Labute approximate surface area is 201 Å².